The highest BCUT2D eigenvalue weighted by Gasteiger charge is 2.17. The molecule has 0 spiro atoms. The van der Waals surface area contributed by atoms with E-state index in [2.05, 4.69) is 21.2 Å². The first-order valence-corrected chi connectivity index (χ1v) is 5.95. The van der Waals surface area contributed by atoms with Gasteiger partial charge in [0.25, 0.3) is 5.69 Å². The van der Waals surface area contributed by atoms with E-state index in [9.17, 15) is 14.9 Å². The summed E-state index contributed by atoms with van der Waals surface area (Å²) in [4.78, 5) is 21.7. The molecule has 1 aromatic carbocycles. The molecule has 0 aromatic heterocycles. The third-order valence-corrected chi connectivity index (χ3v) is 2.96. The topological polar surface area (TPSA) is 72.2 Å². The number of nitro groups is 1. The molecule has 1 N–H and O–H groups in total. The summed E-state index contributed by atoms with van der Waals surface area (Å²) in [6, 6.07) is 2.88. The van der Waals surface area contributed by atoms with Crippen molar-refractivity contribution < 1.29 is 9.72 Å². The lowest BCUT2D eigenvalue weighted by atomic mass is 10.2. The van der Waals surface area contributed by atoms with E-state index in [1.807, 2.05) is 0 Å². The molecule has 1 aromatic rings. The van der Waals surface area contributed by atoms with Crippen molar-refractivity contribution in [2.45, 2.75) is 19.2 Å². The van der Waals surface area contributed by atoms with Crippen LogP contribution in [0.4, 0.5) is 11.4 Å². The summed E-state index contributed by atoms with van der Waals surface area (Å²) in [5.74, 6) is -0.412. The predicted octanol–water partition coefficient (Wildman–Crippen LogP) is 3.23. The van der Waals surface area contributed by atoms with Gasteiger partial charge in [0.05, 0.1) is 10.6 Å². The number of nitro benzene ring substituents is 1. The summed E-state index contributed by atoms with van der Waals surface area (Å²) in [6.45, 7) is 3.14. The number of anilines is 1. The molecule has 1 atom stereocenters. The molecule has 0 fully saturated rings. The highest BCUT2D eigenvalue weighted by molar-refractivity contribution is 9.10. The standard InChI is InChI=1S/C10H10BrClN2O3/c1-5-3-7(11)8(4-9(5)14(16)17)13-10(15)6(2)12/h3-4,6H,1-2H3,(H,13,15). The van der Waals surface area contributed by atoms with Gasteiger partial charge in [-0.2, -0.15) is 0 Å². The lowest BCUT2D eigenvalue weighted by Crippen LogP contribution is -2.20. The number of hydrogen-bond donors (Lipinski definition) is 1. The average Bonchev–Trinajstić information content (AvgIpc) is 2.21. The van der Waals surface area contributed by atoms with Gasteiger partial charge in [0, 0.05) is 16.1 Å². The molecule has 0 aliphatic heterocycles. The van der Waals surface area contributed by atoms with E-state index >= 15 is 0 Å². The highest BCUT2D eigenvalue weighted by Crippen LogP contribution is 2.30. The van der Waals surface area contributed by atoms with Crippen molar-refractivity contribution in [3.05, 3.63) is 32.3 Å². The van der Waals surface area contributed by atoms with Crippen LogP contribution in [0.25, 0.3) is 0 Å². The number of amides is 1. The van der Waals surface area contributed by atoms with Gasteiger partial charge in [0.1, 0.15) is 5.38 Å². The Hall–Kier alpha value is -1.14. The average molecular weight is 322 g/mol. The van der Waals surface area contributed by atoms with Gasteiger partial charge in [-0.1, -0.05) is 0 Å². The largest absolute Gasteiger partial charge is 0.324 e. The molecule has 0 saturated carbocycles. The maximum atomic E-state index is 11.4. The Labute approximate surface area is 111 Å². The molecule has 92 valence electrons. The molecule has 0 aliphatic carbocycles. The number of hydrogen-bond acceptors (Lipinski definition) is 3. The van der Waals surface area contributed by atoms with E-state index in [1.54, 1.807) is 13.0 Å². The zero-order valence-electron chi connectivity index (χ0n) is 9.16. The van der Waals surface area contributed by atoms with Crippen LogP contribution in [0.5, 0.6) is 0 Å². The summed E-state index contributed by atoms with van der Waals surface area (Å²) in [5, 5.41) is 12.6. The summed E-state index contributed by atoms with van der Waals surface area (Å²) in [7, 11) is 0. The van der Waals surface area contributed by atoms with Gasteiger partial charge < -0.3 is 5.32 Å². The Morgan fingerprint density at radius 2 is 2.18 bits per heavy atom. The lowest BCUT2D eigenvalue weighted by Gasteiger charge is -2.09. The van der Waals surface area contributed by atoms with Gasteiger partial charge in [-0.05, 0) is 35.8 Å². The van der Waals surface area contributed by atoms with Crippen molar-refractivity contribution in [3.8, 4) is 0 Å². The van der Waals surface area contributed by atoms with Crippen molar-refractivity contribution in [2.24, 2.45) is 0 Å². The number of benzene rings is 1. The summed E-state index contributed by atoms with van der Waals surface area (Å²) in [6.07, 6.45) is 0. The second kappa shape index (κ2) is 5.46. The van der Waals surface area contributed by atoms with E-state index in [4.69, 9.17) is 11.6 Å². The minimum Gasteiger partial charge on any atom is -0.324 e. The first kappa shape index (κ1) is 13.9. The Balaban J connectivity index is 3.12. The van der Waals surface area contributed by atoms with Gasteiger partial charge in [0.15, 0.2) is 0 Å². The zero-order chi connectivity index (χ0) is 13.2. The van der Waals surface area contributed by atoms with E-state index in [0.717, 1.165) is 0 Å². The zero-order valence-corrected chi connectivity index (χ0v) is 11.5. The van der Waals surface area contributed by atoms with Crippen LogP contribution in [-0.4, -0.2) is 16.2 Å². The van der Waals surface area contributed by atoms with Crippen molar-refractivity contribution >= 4 is 44.8 Å². The number of aryl methyl sites for hydroxylation is 1. The highest BCUT2D eigenvalue weighted by atomic mass is 79.9. The molecule has 1 unspecified atom stereocenters. The van der Waals surface area contributed by atoms with Crippen molar-refractivity contribution in [3.63, 3.8) is 0 Å². The summed E-state index contributed by atoms with van der Waals surface area (Å²) >= 11 is 8.83. The molecule has 0 radical (unpaired) electrons. The quantitative estimate of drug-likeness (QED) is 0.528. The first-order valence-electron chi connectivity index (χ1n) is 4.72. The number of carbonyl (C=O) groups is 1. The van der Waals surface area contributed by atoms with Crippen LogP contribution < -0.4 is 5.32 Å². The van der Waals surface area contributed by atoms with Crippen molar-refractivity contribution in [1.82, 2.24) is 0 Å². The van der Waals surface area contributed by atoms with Crippen LogP contribution >= 0.6 is 27.5 Å². The van der Waals surface area contributed by atoms with Gasteiger partial charge >= 0.3 is 0 Å². The SMILES string of the molecule is Cc1cc(Br)c(NC(=O)C(C)Cl)cc1[N+](=O)[O-]. The number of carbonyl (C=O) groups excluding carboxylic acids is 1. The minimum absolute atomic E-state index is 0.0503. The summed E-state index contributed by atoms with van der Waals surface area (Å²) < 4.78 is 0.575. The van der Waals surface area contributed by atoms with Gasteiger partial charge in [-0.25, -0.2) is 0 Å². The molecule has 7 heteroatoms. The molecule has 17 heavy (non-hydrogen) atoms. The minimum atomic E-state index is -0.706. The number of nitrogens with one attached hydrogen (secondary N) is 1. The molecule has 0 saturated heterocycles. The van der Waals surface area contributed by atoms with Crippen LogP contribution in [0, 0.1) is 17.0 Å². The van der Waals surface area contributed by atoms with Crippen LogP contribution in [0.3, 0.4) is 0 Å². The third-order valence-electron chi connectivity index (χ3n) is 2.10. The number of nitrogens with zero attached hydrogens (tertiary/aromatic N) is 1. The Morgan fingerprint density at radius 1 is 1.59 bits per heavy atom. The Kier molecular flexibility index (Phi) is 4.47. The maximum Gasteiger partial charge on any atom is 0.274 e. The maximum absolute atomic E-state index is 11.4. The van der Waals surface area contributed by atoms with Crippen LogP contribution in [0.2, 0.25) is 0 Å². The van der Waals surface area contributed by atoms with E-state index in [0.29, 0.717) is 15.7 Å². The van der Waals surface area contributed by atoms with Crippen LogP contribution in [0.15, 0.2) is 16.6 Å². The third kappa shape index (κ3) is 3.41. The molecule has 1 rings (SSSR count). The fraction of sp³-hybridized carbons (Fsp3) is 0.300. The molecule has 0 bridgehead atoms. The first-order chi connectivity index (χ1) is 7.82. The normalized spacial score (nSPS) is 12.0. The number of rotatable bonds is 3. The second-order valence-electron chi connectivity index (χ2n) is 3.48. The van der Waals surface area contributed by atoms with Gasteiger partial charge in [-0.15, -0.1) is 11.6 Å². The van der Waals surface area contributed by atoms with Gasteiger partial charge in [0.2, 0.25) is 5.91 Å². The Bertz CT molecular complexity index is 477. The fourth-order valence-electron chi connectivity index (χ4n) is 1.19. The number of halogens is 2. The monoisotopic (exact) mass is 320 g/mol. The van der Waals surface area contributed by atoms with Crippen molar-refractivity contribution in [2.75, 3.05) is 5.32 Å². The van der Waals surface area contributed by atoms with E-state index in [1.165, 1.54) is 13.0 Å². The van der Waals surface area contributed by atoms with Crippen molar-refractivity contribution in [1.29, 1.82) is 0 Å². The smallest absolute Gasteiger partial charge is 0.274 e. The van der Waals surface area contributed by atoms with E-state index in [-0.39, 0.29) is 5.69 Å². The second-order valence-corrected chi connectivity index (χ2v) is 4.99. The molecule has 5 nitrogen and oxygen atoms in total. The van der Waals surface area contributed by atoms with Crippen LogP contribution in [-0.2, 0) is 4.79 Å². The molecular formula is C10H10BrClN2O3. The molecule has 1 amide bonds. The molecular weight excluding hydrogens is 311 g/mol. The van der Waals surface area contributed by atoms with E-state index < -0.39 is 16.2 Å². The summed E-state index contributed by atoms with van der Waals surface area (Å²) in [5.41, 5.74) is 0.796. The molecule has 0 aliphatic rings. The predicted molar refractivity (Wildman–Crippen MR) is 69.5 cm³/mol. The van der Waals surface area contributed by atoms with Gasteiger partial charge in [-0.3, -0.25) is 14.9 Å². The molecule has 0 heterocycles. The van der Waals surface area contributed by atoms with Crippen LogP contribution in [0.1, 0.15) is 12.5 Å². The number of alkyl halides is 1. The lowest BCUT2D eigenvalue weighted by molar-refractivity contribution is -0.385. The Morgan fingerprint density at radius 3 is 2.65 bits per heavy atom. The fourth-order valence-corrected chi connectivity index (χ4v) is 1.80.